The van der Waals surface area contributed by atoms with E-state index in [0.29, 0.717) is 6.04 Å². The smallest absolute Gasteiger partial charge is 0.354 e. The van der Waals surface area contributed by atoms with E-state index < -0.39 is 5.97 Å². The molecule has 1 saturated carbocycles. The summed E-state index contributed by atoms with van der Waals surface area (Å²) in [5, 5.41) is 13.0. The number of anilines is 1. The monoisotopic (exact) mass is 266 g/mol. The summed E-state index contributed by atoms with van der Waals surface area (Å²) in [6.07, 6.45) is 8.67. The molecule has 1 heterocycles. The molecule has 0 spiro atoms. The number of carboxylic acid groups (broad SMARTS) is 1. The molecule has 2 unspecified atom stereocenters. The van der Waals surface area contributed by atoms with Crippen molar-refractivity contribution in [3.05, 3.63) is 24.0 Å². The summed E-state index contributed by atoms with van der Waals surface area (Å²) >= 11 is 1.93. The Morgan fingerprint density at radius 1 is 1.50 bits per heavy atom. The van der Waals surface area contributed by atoms with Crippen molar-refractivity contribution in [2.75, 3.05) is 11.6 Å². The first kappa shape index (κ1) is 13.2. The molecule has 0 bridgehead atoms. The van der Waals surface area contributed by atoms with Crippen molar-refractivity contribution < 1.29 is 9.90 Å². The van der Waals surface area contributed by atoms with Crippen molar-refractivity contribution in [3.8, 4) is 0 Å². The van der Waals surface area contributed by atoms with Crippen LogP contribution in [0.15, 0.2) is 18.3 Å². The zero-order chi connectivity index (χ0) is 13.0. The fourth-order valence-corrected chi connectivity index (χ4v) is 3.16. The number of pyridine rings is 1. The van der Waals surface area contributed by atoms with E-state index >= 15 is 0 Å². The quantitative estimate of drug-likeness (QED) is 0.877. The lowest BCUT2D eigenvalue weighted by molar-refractivity contribution is 0.0690. The zero-order valence-electron chi connectivity index (χ0n) is 10.4. The number of hydrogen-bond acceptors (Lipinski definition) is 4. The normalized spacial score (nSPS) is 23.6. The van der Waals surface area contributed by atoms with Crippen molar-refractivity contribution in [2.45, 2.75) is 37.0 Å². The van der Waals surface area contributed by atoms with Gasteiger partial charge in [0.25, 0.3) is 0 Å². The molecule has 4 nitrogen and oxygen atoms in total. The topological polar surface area (TPSA) is 62.2 Å². The standard InChI is InChI=1S/C13H18N2O2S/c1-18-11-4-2-3-9(7-11)15-10-5-6-12(13(16)17)14-8-10/h5-6,8-9,11,15H,2-4,7H2,1H3,(H,16,17). The fraction of sp³-hybridized carbons (Fsp3) is 0.538. The average molecular weight is 266 g/mol. The predicted octanol–water partition coefficient (Wildman–Crippen LogP) is 2.87. The maximum Gasteiger partial charge on any atom is 0.354 e. The van der Waals surface area contributed by atoms with Crippen LogP contribution in [0, 0.1) is 0 Å². The predicted molar refractivity (Wildman–Crippen MR) is 74.4 cm³/mol. The van der Waals surface area contributed by atoms with Gasteiger partial charge in [0.1, 0.15) is 5.69 Å². The van der Waals surface area contributed by atoms with Crippen LogP contribution in [0.2, 0.25) is 0 Å². The summed E-state index contributed by atoms with van der Waals surface area (Å²) in [7, 11) is 0. The molecule has 1 fully saturated rings. The van der Waals surface area contributed by atoms with Crippen LogP contribution in [0.1, 0.15) is 36.2 Å². The van der Waals surface area contributed by atoms with Crippen LogP contribution in [-0.4, -0.2) is 33.6 Å². The van der Waals surface area contributed by atoms with Gasteiger partial charge in [-0.25, -0.2) is 9.78 Å². The Morgan fingerprint density at radius 3 is 2.94 bits per heavy atom. The van der Waals surface area contributed by atoms with E-state index in [-0.39, 0.29) is 5.69 Å². The van der Waals surface area contributed by atoms with Gasteiger partial charge in [0.05, 0.1) is 11.9 Å². The number of carbonyl (C=O) groups is 1. The van der Waals surface area contributed by atoms with Crippen LogP contribution in [0.5, 0.6) is 0 Å². The molecule has 1 aromatic rings. The largest absolute Gasteiger partial charge is 0.477 e. The molecule has 0 aliphatic heterocycles. The van der Waals surface area contributed by atoms with Gasteiger partial charge in [-0.3, -0.25) is 0 Å². The van der Waals surface area contributed by atoms with Crippen molar-refractivity contribution in [1.29, 1.82) is 0 Å². The SMILES string of the molecule is CSC1CCCC(Nc2ccc(C(=O)O)nc2)C1. The Hall–Kier alpha value is -1.23. The summed E-state index contributed by atoms with van der Waals surface area (Å²) < 4.78 is 0. The molecule has 0 saturated heterocycles. The van der Waals surface area contributed by atoms with E-state index in [2.05, 4.69) is 16.6 Å². The molecule has 5 heteroatoms. The number of thioether (sulfide) groups is 1. The molecule has 2 rings (SSSR count). The third-order valence-corrected chi connectivity index (χ3v) is 4.41. The number of hydrogen-bond donors (Lipinski definition) is 2. The molecule has 18 heavy (non-hydrogen) atoms. The van der Waals surface area contributed by atoms with Gasteiger partial charge in [0, 0.05) is 11.3 Å². The highest BCUT2D eigenvalue weighted by Crippen LogP contribution is 2.28. The van der Waals surface area contributed by atoms with Gasteiger partial charge in [0.15, 0.2) is 0 Å². The summed E-state index contributed by atoms with van der Waals surface area (Å²) in [5.41, 5.74) is 0.998. The van der Waals surface area contributed by atoms with Gasteiger partial charge in [-0.05, 0) is 37.7 Å². The lowest BCUT2D eigenvalue weighted by atomic mass is 9.95. The number of aromatic nitrogens is 1. The van der Waals surface area contributed by atoms with Crippen molar-refractivity contribution in [1.82, 2.24) is 4.98 Å². The van der Waals surface area contributed by atoms with Gasteiger partial charge in [-0.15, -0.1) is 0 Å². The molecule has 1 aliphatic carbocycles. The first-order valence-corrected chi connectivity index (χ1v) is 7.46. The second-order valence-corrected chi connectivity index (χ2v) is 5.74. The molecule has 0 aromatic carbocycles. The first-order chi connectivity index (χ1) is 8.69. The molecule has 1 aliphatic rings. The van der Waals surface area contributed by atoms with Crippen LogP contribution >= 0.6 is 11.8 Å². The van der Waals surface area contributed by atoms with Gasteiger partial charge < -0.3 is 10.4 Å². The highest BCUT2D eigenvalue weighted by atomic mass is 32.2. The van der Waals surface area contributed by atoms with E-state index in [1.54, 1.807) is 18.3 Å². The molecular formula is C13H18N2O2S. The first-order valence-electron chi connectivity index (χ1n) is 6.17. The number of aromatic carboxylic acids is 1. The van der Waals surface area contributed by atoms with E-state index in [1.807, 2.05) is 11.8 Å². The van der Waals surface area contributed by atoms with E-state index in [1.165, 1.54) is 25.7 Å². The highest BCUT2D eigenvalue weighted by Gasteiger charge is 2.21. The van der Waals surface area contributed by atoms with Gasteiger partial charge in [-0.2, -0.15) is 11.8 Å². The molecule has 0 radical (unpaired) electrons. The number of nitrogens with zero attached hydrogens (tertiary/aromatic N) is 1. The fourth-order valence-electron chi connectivity index (χ4n) is 2.33. The van der Waals surface area contributed by atoms with Crippen LogP contribution in [-0.2, 0) is 0 Å². The Kier molecular flexibility index (Phi) is 4.47. The Labute approximate surface area is 111 Å². The molecule has 98 valence electrons. The molecule has 2 N–H and O–H groups in total. The van der Waals surface area contributed by atoms with Crippen LogP contribution in [0.4, 0.5) is 5.69 Å². The van der Waals surface area contributed by atoms with Gasteiger partial charge >= 0.3 is 5.97 Å². The van der Waals surface area contributed by atoms with E-state index in [4.69, 9.17) is 5.11 Å². The van der Waals surface area contributed by atoms with Crippen molar-refractivity contribution in [2.24, 2.45) is 0 Å². The van der Waals surface area contributed by atoms with Crippen LogP contribution in [0.25, 0.3) is 0 Å². The van der Waals surface area contributed by atoms with Gasteiger partial charge in [0.2, 0.25) is 0 Å². The lowest BCUT2D eigenvalue weighted by Gasteiger charge is -2.29. The zero-order valence-corrected chi connectivity index (χ0v) is 11.2. The van der Waals surface area contributed by atoms with E-state index in [0.717, 1.165) is 10.9 Å². The number of nitrogens with one attached hydrogen (secondary N) is 1. The minimum absolute atomic E-state index is 0.0891. The van der Waals surface area contributed by atoms with Gasteiger partial charge in [-0.1, -0.05) is 6.42 Å². The summed E-state index contributed by atoms with van der Waals surface area (Å²) in [6.45, 7) is 0. The lowest BCUT2D eigenvalue weighted by Crippen LogP contribution is -2.28. The summed E-state index contributed by atoms with van der Waals surface area (Å²) in [6, 6.07) is 3.81. The second kappa shape index (κ2) is 6.09. The number of rotatable bonds is 4. The summed E-state index contributed by atoms with van der Waals surface area (Å²) in [4.78, 5) is 14.6. The Bertz CT molecular complexity index is 408. The number of carboxylic acids is 1. The Morgan fingerprint density at radius 2 is 2.33 bits per heavy atom. The summed E-state index contributed by atoms with van der Waals surface area (Å²) in [5.74, 6) is -0.985. The molecule has 2 atom stereocenters. The second-order valence-electron chi connectivity index (χ2n) is 4.60. The minimum atomic E-state index is -0.985. The maximum atomic E-state index is 10.7. The van der Waals surface area contributed by atoms with Crippen molar-refractivity contribution >= 4 is 23.4 Å². The van der Waals surface area contributed by atoms with Crippen LogP contribution < -0.4 is 5.32 Å². The van der Waals surface area contributed by atoms with Crippen molar-refractivity contribution in [3.63, 3.8) is 0 Å². The highest BCUT2D eigenvalue weighted by molar-refractivity contribution is 7.99. The molecular weight excluding hydrogens is 248 g/mol. The minimum Gasteiger partial charge on any atom is -0.477 e. The van der Waals surface area contributed by atoms with Crippen LogP contribution in [0.3, 0.4) is 0 Å². The molecule has 1 aromatic heterocycles. The third-order valence-electron chi connectivity index (χ3n) is 3.31. The average Bonchev–Trinajstić information content (AvgIpc) is 2.39. The molecule has 0 amide bonds. The Balaban J connectivity index is 1.94. The van der Waals surface area contributed by atoms with E-state index in [9.17, 15) is 4.79 Å². The third kappa shape index (κ3) is 3.38. The maximum absolute atomic E-state index is 10.7.